The van der Waals surface area contributed by atoms with E-state index in [-0.39, 0.29) is 6.04 Å². The molecular weight excluding hydrogens is 174 g/mol. The molecule has 14 heavy (non-hydrogen) atoms. The molecule has 0 aliphatic heterocycles. The van der Waals surface area contributed by atoms with Crippen LogP contribution in [-0.4, -0.2) is 19.7 Å². The van der Waals surface area contributed by atoms with Crippen molar-refractivity contribution in [1.82, 2.24) is 5.32 Å². The summed E-state index contributed by atoms with van der Waals surface area (Å²) in [6, 6.07) is 10.0. The molecule has 1 unspecified atom stereocenters. The molecule has 0 saturated heterocycles. The summed E-state index contributed by atoms with van der Waals surface area (Å²) in [6.07, 6.45) is 0. The second-order valence-electron chi connectivity index (χ2n) is 3.31. The van der Waals surface area contributed by atoms with Crippen LogP contribution in [0, 0.1) is 0 Å². The summed E-state index contributed by atoms with van der Waals surface area (Å²) < 4.78 is 5.60. The van der Waals surface area contributed by atoms with Gasteiger partial charge in [0.1, 0.15) is 12.4 Å². The van der Waals surface area contributed by atoms with E-state index in [1.54, 1.807) is 0 Å². The van der Waals surface area contributed by atoms with Gasteiger partial charge in [-0.1, -0.05) is 30.4 Å². The van der Waals surface area contributed by atoms with Crippen LogP contribution < -0.4 is 10.1 Å². The van der Waals surface area contributed by atoms with E-state index in [1.807, 2.05) is 44.3 Å². The first-order chi connectivity index (χ1) is 6.74. The van der Waals surface area contributed by atoms with E-state index in [4.69, 9.17) is 4.74 Å². The smallest absolute Gasteiger partial charge is 0.119 e. The van der Waals surface area contributed by atoms with E-state index in [0.29, 0.717) is 6.61 Å². The van der Waals surface area contributed by atoms with Gasteiger partial charge < -0.3 is 10.1 Å². The summed E-state index contributed by atoms with van der Waals surface area (Å²) in [7, 11) is 1.91. The molecule has 2 nitrogen and oxygen atoms in total. The molecule has 0 bridgehead atoms. The third-order valence-electron chi connectivity index (χ3n) is 2.10. The Hall–Kier alpha value is -1.28. The second kappa shape index (κ2) is 5.45. The van der Waals surface area contributed by atoms with Crippen molar-refractivity contribution in [1.29, 1.82) is 0 Å². The zero-order chi connectivity index (χ0) is 10.4. The lowest BCUT2D eigenvalue weighted by Crippen LogP contribution is -2.32. The average Bonchev–Trinajstić information content (AvgIpc) is 2.20. The molecule has 0 spiro atoms. The Kier molecular flexibility index (Phi) is 4.20. The lowest BCUT2D eigenvalue weighted by Gasteiger charge is -2.16. The minimum atomic E-state index is 0.218. The van der Waals surface area contributed by atoms with Gasteiger partial charge >= 0.3 is 0 Å². The predicted octanol–water partition coefficient (Wildman–Crippen LogP) is 2.23. The molecule has 0 aliphatic rings. The molecule has 2 heteroatoms. The van der Waals surface area contributed by atoms with Gasteiger partial charge in [-0.3, -0.25) is 0 Å². The Bertz CT molecular complexity index is 282. The largest absolute Gasteiger partial charge is 0.492 e. The van der Waals surface area contributed by atoms with Gasteiger partial charge in [0.25, 0.3) is 0 Å². The van der Waals surface area contributed by atoms with Crippen LogP contribution in [0.1, 0.15) is 6.92 Å². The van der Waals surface area contributed by atoms with Crippen LogP contribution in [0.5, 0.6) is 5.75 Å². The summed E-state index contributed by atoms with van der Waals surface area (Å²) in [6.45, 7) is 6.51. The van der Waals surface area contributed by atoms with E-state index in [0.717, 1.165) is 11.3 Å². The molecule has 1 N–H and O–H groups in total. The SMILES string of the molecule is C=C(C)C(COc1ccccc1)NC. The van der Waals surface area contributed by atoms with Crippen LogP contribution in [0.4, 0.5) is 0 Å². The number of ether oxygens (including phenoxy) is 1. The fraction of sp³-hybridized carbons (Fsp3) is 0.333. The van der Waals surface area contributed by atoms with Crippen molar-refractivity contribution in [2.45, 2.75) is 13.0 Å². The normalized spacial score (nSPS) is 12.1. The number of hydrogen-bond donors (Lipinski definition) is 1. The van der Waals surface area contributed by atoms with Crippen molar-refractivity contribution in [3.63, 3.8) is 0 Å². The van der Waals surface area contributed by atoms with Crippen molar-refractivity contribution >= 4 is 0 Å². The molecule has 0 amide bonds. The van der Waals surface area contributed by atoms with Crippen LogP contribution in [0.2, 0.25) is 0 Å². The van der Waals surface area contributed by atoms with E-state index in [1.165, 1.54) is 0 Å². The average molecular weight is 191 g/mol. The number of para-hydroxylation sites is 1. The Morgan fingerprint density at radius 3 is 2.57 bits per heavy atom. The van der Waals surface area contributed by atoms with Gasteiger partial charge in [0.05, 0.1) is 6.04 Å². The van der Waals surface area contributed by atoms with Crippen molar-refractivity contribution < 1.29 is 4.74 Å². The molecule has 0 aliphatic carbocycles. The number of likely N-dealkylation sites (N-methyl/N-ethyl adjacent to an activating group) is 1. The summed E-state index contributed by atoms with van der Waals surface area (Å²) in [5.74, 6) is 0.897. The first-order valence-electron chi connectivity index (χ1n) is 4.74. The van der Waals surface area contributed by atoms with Gasteiger partial charge in [-0.25, -0.2) is 0 Å². The van der Waals surface area contributed by atoms with E-state index >= 15 is 0 Å². The molecule has 1 atom stereocenters. The van der Waals surface area contributed by atoms with E-state index < -0.39 is 0 Å². The maximum Gasteiger partial charge on any atom is 0.119 e. The van der Waals surface area contributed by atoms with E-state index in [2.05, 4.69) is 11.9 Å². The highest BCUT2D eigenvalue weighted by molar-refractivity contribution is 5.21. The lowest BCUT2D eigenvalue weighted by molar-refractivity contribution is 0.287. The molecule has 0 fully saturated rings. The highest BCUT2D eigenvalue weighted by Crippen LogP contribution is 2.09. The third-order valence-corrected chi connectivity index (χ3v) is 2.10. The van der Waals surface area contributed by atoms with Crippen LogP contribution >= 0.6 is 0 Å². The van der Waals surface area contributed by atoms with Crippen LogP contribution in [0.15, 0.2) is 42.5 Å². The quantitative estimate of drug-likeness (QED) is 0.721. The highest BCUT2D eigenvalue weighted by Gasteiger charge is 2.06. The summed E-state index contributed by atoms with van der Waals surface area (Å²) >= 11 is 0. The van der Waals surface area contributed by atoms with Gasteiger partial charge in [-0.2, -0.15) is 0 Å². The lowest BCUT2D eigenvalue weighted by atomic mass is 10.2. The Morgan fingerprint density at radius 2 is 2.07 bits per heavy atom. The monoisotopic (exact) mass is 191 g/mol. The minimum Gasteiger partial charge on any atom is -0.492 e. The predicted molar refractivity (Wildman–Crippen MR) is 59.6 cm³/mol. The number of nitrogens with one attached hydrogen (secondary N) is 1. The summed E-state index contributed by atoms with van der Waals surface area (Å²) in [4.78, 5) is 0. The molecule has 76 valence electrons. The number of rotatable bonds is 5. The van der Waals surface area contributed by atoms with Gasteiger partial charge in [-0.15, -0.1) is 0 Å². The number of hydrogen-bond acceptors (Lipinski definition) is 2. The standard InChI is InChI=1S/C12H17NO/c1-10(2)12(13-3)9-14-11-7-5-4-6-8-11/h4-8,12-13H,1,9H2,2-3H3. The maximum absolute atomic E-state index is 5.60. The minimum absolute atomic E-state index is 0.218. The zero-order valence-corrected chi connectivity index (χ0v) is 8.79. The van der Waals surface area contributed by atoms with Crippen LogP contribution in [0.25, 0.3) is 0 Å². The zero-order valence-electron chi connectivity index (χ0n) is 8.79. The second-order valence-corrected chi connectivity index (χ2v) is 3.31. The van der Waals surface area contributed by atoms with Crippen LogP contribution in [0.3, 0.4) is 0 Å². The molecular formula is C12H17NO. The molecule has 0 heterocycles. The van der Waals surface area contributed by atoms with Crippen LogP contribution in [-0.2, 0) is 0 Å². The fourth-order valence-corrected chi connectivity index (χ4v) is 1.17. The van der Waals surface area contributed by atoms with Crippen molar-refractivity contribution in [3.05, 3.63) is 42.5 Å². The van der Waals surface area contributed by atoms with Gasteiger partial charge in [0, 0.05) is 0 Å². The molecule has 1 aromatic rings. The topological polar surface area (TPSA) is 21.3 Å². The number of benzene rings is 1. The molecule has 0 aromatic heterocycles. The van der Waals surface area contributed by atoms with Gasteiger partial charge in [0.15, 0.2) is 0 Å². The molecule has 0 saturated carbocycles. The summed E-state index contributed by atoms with van der Waals surface area (Å²) in [5.41, 5.74) is 1.09. The molecule has 0 radical (unpaired) electrons. The van der Waals surface area contributed by atoms with Crippen molar-refractivity contribution in [2.24, 2.45) is 0 Å². The highest BCUT2D eigenvalue weighted by atomic mass is 16.5. The summed E-state index contributed by atoms with van der Waals surface area (Å²) in [5, 5.41) is 3.15. The van der Waals surface area contributed by atoms with E-state index in [9.17, 15) is 0 Å². The molecule has 1 rings (SSSR count). The van der Waals surface area contributed by atoms with Crippen molar-refractivity contribution in [2.75, 3.05) is 13.7 Å². The molecule has 1 aromatic carbocycles. The first kappa shape index (κ1) is 10.8. The first-order valence-corrected chi connectivity index (χ1v) is 4.74. The fourth-order valence-electron chi connectivity index (χ4n) is 1.17. The van der Waals surface area contributed by atoms with Gasteiger partial charge in [-0.05, 0) is 26.1 Å². The third kappa shape index (κ3) is 3.23. The Morgan fingerprint density at radius 1 is 1.43 bits per heavy atom. The van der Waals surface area contributed by atoms with Crippen molar-refractivity contribution in [3.8, 4) is 5.75 Å². The Labute approximate surface area is 85.6 Å². The Balaban J connectivity index is 2.44. The van der Waals surface area contributed by atoms with Gasteiger partial charge in [0.2, 0.25) is 0 Å². The maximum atomic E-state index is 5.60.